The van der Waals surface area contributed by atoms with E-state index < -0.39 is 11.9 Å². The van der Waals surface area contributed by atoms with E-state index in [1.807, 2.05) is 18.2 Å². The maximum atomic E-state index is 11.5. The topological polar surface area (TPSA) is 60.8 Å². The molecule has 4 nitrogen and oxygen atoms in total. The summed E-state index contributed by atoms with van der Waals surface area (Å²) in [6.07, 6.45) is 1.42. The molecule has 2 aromatic carbocycles. The van der Waals surface area contributed by atoms with Crippen molar-refractivity contribution < 1.29 is 15.0 Å². The fraction of sp³-hybridized carbons (Fsp3) is 0.500. The highest BCUT2D eigenvalue weighted by molar-refractivity contribution is 5.70. The van der Waals surface area contributed by atoms with Gasteiger partial charge in [-0.05, 0) is 69.3 Å². The highest BCUT2D eigenvalue weighted by Gasteiger charge is 2.23. The van der Waals surface area contributed by atoms with Gasteiger partial charge in [-0.25, -0.2) is 0 Å². The number of aliphatic hydroxyl groups excluding tert-OH is 1. The highest BCUT2D eigenvalue weighted by atomic mass is 16.4. The molecule has 2 aromatic rings. The first-order chi connectivity index (χ1) is 14.2. The second kappa shape index (κ2) is 11.3. The van der Waals surface area contributed by atoms with Crippen molar-refractivity contribution in [3.63, 3.8) is 0 Å². The van der Waals surface area contributed by atoms with Gasteiger partial charge in [-0.15, -0.1) is 0 Å². The summed E-state index contributed by atoms with van der Waals surface area (Å²) in [6, 6.07) is 17.3. The lowest BCUT2D eigenvalue weighted by molar-refractivity contribution is -0.141. The Hall–Kier alpha value is -2.17. The van der Waals surface area contributed by atoms with Crippen LogP contribution in [0.4, 0.5) is 0 Å². The van der Waals surface area contributed by atoms with Gasteiger partial charge in [-0.2, -0.15) is 0 Å². The van der Waals surface area contributed by atoms with E-state index in [2.05, 4.69) is 62.9 Å². The van der Waals surface area contributed by atoms with Gasteiger partial charge in [0.05, 0.1) is 12.5 Å². The zero-order valence-corrected chi connectivity index (χ0v) is 19.0. The molecule has 4 heteroatoms. The molecule has 164 valence electrons. The molecule has 1 unspecified atom stereocenters. The Morgan fingerprint density at radius 1 is 0.967 bits per heavy atom. The lowest BCUT2D eigenvalue weighted by Gasteiger charge is -2.33. The first kappa shape index (κ1) is 24.1. The van der Waals surface area contributed by atoms with E-state index in [-0.39, 0.29) is 12.5 Å². The molecule has 0 aromatic heterocycles. The first-order valence-electron chi connectivity index (χ1n) is 11.0. The average Bonchev–Trinajstić information content (AvgIpc) is 2.71. The quantitative estimate of drug-likeness (QED) is 0.541. The molecule has 0 fully saturated rings. The summed E-state index contributed by atoms with van der Waals surface area (Å²) >= 11 is 0. The number of hydrogen-bond donors (Lipinski definition) is 2. The number of rotatable bonds is 11. The molecule has 0 aliphatic carbocycles. The molecule has 2 rings (SSSR count). The van der Waals surface area contributed by atoms with Crippen LogP contribution in [0.2, 0.25) is 0 Å². The van der Waals surface area contributed by atoms with Gasteiger partial charge < -0.3 is 10.2 Å². The van der Waals surface area contributed by atoms with E-state index in [0.29, 0.717) is 18.5 Å². The number of benzene rings is 2. The second-order valence-corrected chi connectivity index (χ2v) is 8.81. The Labute approximate surface area is 181 Å². The molecule has 0 saturated heterocycles. The molecule has 0 amide bonds. The van der Waals surface area contributed by atoms with E-state index in [0.717, 1.165) is 29.7 Å². The Balaban J connectivity index is 2.47. The molecule has 30 heavy (non-hydrogen) atoms. The fourth-order valence-electron chi connectivity index (χ4n) is 4.25. The Kier molecular flexibility index (Phi) is 9.07. The van der Waals surface area contributed by atoms with Crippen LogP contribution in [0.25, 0.3) is 0 Å². The van der Waals surface area contributed by atoms with Gasteiger partial charge in [-0.1, -0.05) is 55.5 Å². The van der Waals surface area contributed by atoms with Crippen LogP contribution in [0.1, 0.15) is 69.2 Å². The Morgan fingerprint density at radius 2 is 1.60 bits per heavy atom. The third-order valence-corrected chi connectivity index (χ3v) is 5.92. The number of carboxylic acid groups (broad SMARTS) is 1. The predicted molar refractivity (Wildman–Crippen MR) is 123 cm³/mol. The van der Waals surface area contributed by atoms with Crippen LogP contribution >= 0.6 is 0 Å². The monoisotopic (exact) mass is 411 g/mol. The maximum Gasteiger partial charge on any atom is 0.306 e. The van der Waals surface area contributed by atoms with Crippen molar-refractivity contribution in [3.05, 3.63) is 70.8 Å². The van der Waals surface area contributed by atoms with Crippen LogP contribution in [0, 0.1) is 5.92 Å². The molecular formula is C26H37NO3. The summed E-state index contributed by atoms with van der Waals surface area (Å²) in [5.41, 5.74) is 4.27. The summed E-state index contributed by atoms with van der Waals surface area (Å²) in [4.78, 5) is 14.0. The van der Waals surface area contributed by atoms with Crippen LogP contribution < -0.4 is 0 Å². The molecule has 2 N–H and O–H groups in total. The van der Waals surface area contributed by atoms with Gasteiger partial charge >= 0.3 is 5.97 Å². The first-order valence-corrected chi connectivity index (χ1v) is 11.0. The number of carbonyl (C=O) groups is 1. The second-order valence-electron chi connectivity index (χ2n) is 8.81. The van der Waals surface area contributed by atoms with E-state index >= 15 is 0 Å². The van der Waals surface area contributed by atoms with Crippen LogP contribution in [0.3, 0.4) is 0 Å². The van der Waals surface area contributed by atoms with E-state index in [4.69, 9.17) is 0 Å². The van der Waals surface area contributed by atoms with E-state index in [1.165, 1.54) is 5.56 Å². The Bertz CT molecular complexity index is 793. The number of carboxylic acids is 1. The molecule has 0 radical (unpaired) electrons. The van der Waals surface area contributed by atoms with Gasteiger partial charge in [0.15, 0.2) is 0 Å². The van der Waals surface area contributed by atoms with Crippen molar-refractivity contribution in [2.45, 2.75) is 72.1 Å². The molecule has 0 saturated carbocycles. The Morgan fingerprint density at radius 3 is 2.13 bits per heavy atom. The molecular weight excluding hydrogens is 374 g/mol. The highest BCUT2D eigenvalue weighted by Crippen LogP contribution is 2.33. The number of aliphatic hydroxyl groups is 1. The summed E-state index contributed by atoms with van der Waals surface area (Å²) in [5, 5.41) is 19.2. The smallest absolute Gasteiger partial charge is 0.306 e. The summed E-state index contributed by atoms with van der Waals surface area (Å²) in [7, 11) is 0. The van der Waals surface area contributed by atoms with Crippen LogP contribution in [0.5, 0.6) is 0 Å². The molecule has 0 spiro atoms. The predicted octanol–water partition coefficient (Wildman–Crippen LogP) is 5.08. The normalized spacial score (nSPS) is 13.8. The lowest BCUT2D eigenvalue weighted by atomic mass is 9.82. The minimum absolute atomic E-state index is 0.0204. The largest absolute Gasteiger partial charge is 0.481 e. The van der Waals surface area contributed by atoms with Crippen molar-refractivity contribution in [2.75, 3.05) is 6.54 Å². The zero-order chi connectivity index (χ0) is 22.3. The molecule has 0 bridgehead atoms. The molecule has 2 atom stereocenters. The average molecular weight is 412 g/mol. The summed E-state index contributed by atoms with van der Waals surface area (Å²) in [6.45, 7) is 11.6. The van der Waals surface area contributed by atoms with Gasteiger partial charge in [-0.3, -0.25) is 9.69 Å². The van der Waals surface area contributed by atoms with Crippen molar-refractivity contribution >= 4 is 5.97 Å². The van der Waals surface area contributed by atoms with Crippen LogP contribution in [0.15, 0.2) is 48.5 Å². The van der Waals surface area contributed by atoms with Gasteiger partial charge in [0, 0.05) is 18.0 Å². The third kappa shape index (κ3) is 6.41. The standard InChI is InChI=1S/C26H37NO3/c1-18(2)27(19(3)4)14-13-24(22-9-7-6-8-10-22)25-16-21(17-28)11-12-23(25)15-20(5)26(29)30/h6-12,16,18-20,24,28H,13-15,17H2,1-5H3,(H,29,30)/t20-,24?/m1/s1. The van der Waals surface area contributed by atoms with E-state index in [9.17, 15) is 15.0 Å². The minimum Gasteiger partial charge on any atom is -0.481 e. The summed E-state index contributed by atoms with van der Waals surface area (Å²) < 4.78 is 0. The fourth-order valence-corrected chi connectivity index (χ4v) is 4.25. The number of nitrogens with zero attached hydrogens (tertiary/aromatic N) is 1. The molecule has 0 aliphatic rings. The molecule has 0 heterocycles. The van der Waals surface area contributed by atoms with Crippen molar-refractivity contribution in [2.24, 2.45) is 5.92 Å². The van der Waals surface area contributed by atoms with Crippen LogP contribution in [-0.2, 0) is 17.8 Å². The van der Waals surface area contributed by atoms with Crippen LogP contribution in [-0.4, -0.2) is 39.7 Å². The van der Waals surface area contributed by atoms with Crippen molar-refractivity contribution in [3.8, 4) is 0 Å². The SMILES string of the molecule is CC(C)N(CCC(c1ccccc1)c1cc(CO)ccc1C[C@@H](C)C(=O)O)C(C)C. The van der Waals surface area contributed by atoms with Gasteiger partial charge in [0.2, 0.25) is 0 Å². The molecule has 0 aliphatic heterocycles. The van der Waals surface area contributed by atoms with Gasteiger partial charge in [0.25, 0.3) is 0 Å². The summed E-state index contributed by atoms with van der Waals surface area (Å²) in [5.74, 6) is -1.09. The lowest BCUT2D eigenvalue weighted by Crippen LogP contribution is -2.38. The minimum atomic E-state index is -0.783. The third-order valence-electron chi connectivity index (χ3n) is 5.92. The number of hydrogen-bond acceptors (Lipinski definition) is 3. The van der Waals surface area contributed by atoms with Gasteiger partial charge in [0.1, 0.15) is 0 Å². The maximum absolute atomic E-state index is 11.5. The number of aliphatic carboxylic acids is 1. The van der Waals surface area contributed by atoms with E-state index in [1.54, 1.807) is 6.92 Å². The zero-order valence-electron chi connectivity index (χ0n) is 19.0. The van der Waals surface area contributed by atoms with Crippen molar-refractivity contribution in [1.82, 2.24) is 4.90 Å². The van der Waals surface area contributed by atoms with Crippen molar-refractivity contribution in [1.29, 1.82) is 0 Å².